The standard InChI is InChI=1S/C21H37N5O7.C2H4O/c27-18(26-4-2-1-3-5-26)14-22-6-8-23(15-19(28)29)10-12-25(17-21(32)33)13-11-24(9-7-22)16-20(30)31;1-2-3/h1-17H2,(H,28,29)(H,30,31)(H,32,33);2H,1H3. The van der Waals surface area contributed by atoms with Gasteiger partial charge in [-0.05, 0) is 26.2 Å². The number of hydrogen-bond acceptors (Lipinski definition) is 9. The van der Waals surface area contributed by atoms with Crippen LogP contribution in [0.4, 0.5) is 0 Å². The van der Waals surface area contributed by atoms with Crippen LogP contribution in [-0.2, 0) is 24.0 Å². The molecule has 2 aliphatic heterocycles. The highest BCUT2D eigenvalue weighted by Gasteiger charge is 2.23. The highest BCUT2D eigenvalue weighted by atomic mass is 16.4. The Labute approximate surface area is 212 Å². The van der Waals surface area contributed by atoms with Crippen molar-refractivity contribution in [2.75, 3.05) is 91.6 Å². The van der Waals surface area contributed by atoms with Gasteiger partial charge >= 0.3 is 17.9 Å². The molecule has 2 aliphatic rings. The lowest BCUT2D eigenvalue weighted by Gasteiger charge is -2.34. The summed E-state index contributed by atoms with van der Waals surface area (Å²) in [5, 5.41) is 27.8. The van der Waals surface area contributed by atoms with Gasteiger partial charge in [0.15, 0.2) is 0 Å². The van der Waals surface area contributed by atoms with Gasteiger partial charge in [-0.3, -0.25) is 38.8 Å². The first kappa shape index (κ1) is 31.4. The molecule has 2 fully saturated rings. The molecule has 2 saturated heterocycles. The lowest BCUT2D eigenvalue weighted by molar-refractivity contribution is -0.140. The fourth-order valence-corrected chi connectivity index (χ4v) is 4.22. The third-order valence-electron chi connectivity index (χ3n) is 6.07. The van der Waals surface area contributed by atoms with E-state index in [0.29, 0.717) is 52.4 Å². The predicted molar refractivity (Wildman–Crippen MR) is 131 cm³/mol. The van der Waals surface area contributed by atoms with Gasteiger partial charge < -0.3 is 25.0 Å². The Kier molecular flexibility index (Phi) is 15.5. The smallest absolute Gasteiger partial charge is 0.317 e. The summed E-state index contributed by atoms with van der Waals surface area (Å²) in [4.78, 5) is 64.6. The molecule has 0 aromatic carbocycles. The maximum atomic E-state index is 12.8. The number of carbonyl (C=O) groups is 5. The number of aldehydes is 1. The quantitative estimate of drug-likeness (QED) is 0.327. The fraction of sp³-hybridized carbons (Fsp3) is 0.783. The highest BCUT2D eigenvalue weighted by Crippen LogP contribution is 2.10. The van der Waals surface area contributed by atoms with E-state index in [-0.39, 0.29) is 32.1 Å². The van der Waals surface area contributed by atoms with Crippen molar-refractivity contribution in [3.63, 3.8) is 0 Å². The van der Waals surface area contributed by atoms with Crippen LogP contribution >= 0.6 is 0 Å². The molecule has 206 valence electrons. The van der Waals surface area contributed by atoms with E-state index in [4.69, 9.17) is 4.79 Å². The number of rotatable bonds is 8. The number of carbonyl (C=O) groups excluding carboxylic acids is 2. The first-order chi connectivity index (χ1) is 17.1. The van der Waals surface area contributed by atoms with Crippen molar-refractivity contribution in [1.82, 2.24) is 24.5 Å². The van der Waals surface area contributed by atoms with Crippen LogP contribution in [0.3, 0.4) is 0 Å². The monoisotopic (exact) mass is 515 g/mol. The number of nitrogens with zero attached hydrogens (tertiary/aromatic N) is 5. The van der Waals surface area contributed by atoms with E-state index >= 15 is 0 Å². The average molecular weight is 516 g/mol. The summed E-state index contributed by atoms with van der Waals surface area (Å²) in [6.45, 7) is 5.84. The molecule has 0 radical (unpaired) electrons. The van der Waals surface area contributed by atoms with Crippen LogP contribution in [0.1, 0.15) is 26.2 Å². The molecule has 2 rings (SSSR count). The molecule has 13 nitrogen and oxygen atoms in total. The number of likely N-dealkylation sites (tertiary alicyclic amines) is 1. The second-order valence-corrected chi connectivity index (χ2v) is 8.96. The molecule has 0 aromatic rings. The van der Waals surface area contributed by atoms with E-state index in [1.165, 1.54) is 6.92 Å². The second-order valence-electron chi connectivity index (χ2n) is 8.96. The van der Waals surface area contributed by atoms with Crippen LogP contribution in [0.15, 0.2) is 0 Å². The largest absolute Gasteiger partial charge is 0.480 e. The third kappa shape index (κ3) is 14.1. The van der Waals surface area contributed by atoms with Gasteiger partial charge in [0, 0.05) is 65.4 Å². The zero-order valence-corrected chi connectivity index (χ0v) is 21.2. The maximum absolute atomic E-state index is 12.8. The van der Waals surface area contributed by atoms with Crippen LogP contribution < -0.4 is 0 Å². The van der Waals surface area contributed by atoms with Crippen LogP contribution in [0.25, 0.3) is 0 Å². The third-order valence-corrected chi connectivity index (χ3v) is 6.07. The summed E-state index contributed by atoms with van der Waals surface area (Å²) in [5.41, 5.74) is 0. The van der Waals surface area contributed by atoms with Gasteiger partial charge in [0.1, 0.15) is 6.29 Å². The summed E-state index contributed by atoms with van der Waals surface area (Å²) in [5.74, 6) is -2.87. The molecule has 1 amide bonds. The zero-order valence-electron chi connectivity index (χ0n) is 21.2. The molecule has 0 aromatic heterocycles. The minimum Gasteiger partial charge on any atom is -0.480 e. The Morgan fingerprint density at radius 3 is 1.11 bits per heavy atom. The summed E-state index contributed by atoms with van der Waals surface area (Å²) < 4.78 is 0. The van der Waals surface area contributed by atoms with Crippen molar-refractivity contribution in [3.05, 3.63) is 0 Å². The number of carboxylic acid groups (broad SMARTS) is 3. The molecule has 0 atom stereocenters. The van der Waals surface area contributed by atoms with Crippen molar-refractivity contribution in [3.8, 4) is 0 Å². The molecule has 0 saturated carbocycles. The Bertz CT molecular complexity index is 685. The van der Waals surface area contributed by atoms with Gasteiger partial charge in [0.25, 0.3) is 0 Å². The first-order valence-corrected chi connectivity index (χ1v) is 12.4. The highest BCUT2D eigenvalue weighted by molar-refractivity contribution is 5.78. The molecule has 3 N–H and O–H groups in total. The first-order valence-electron chi connectivity index (χ1n) is 12.4. The lowest BCUT2D eigenvalue weighted by atomic mass is 10.1. The number of amides is 1. The normalized spacial score (nSPS) is 19.8. The van der Waals surface area contributed by atoms with Crippen molar-refractivity contribution in [2.45, 2.75) is 26.2 Å². The Hall–Kier alpha value is -2.61. The number of piperidine rings is 1. The van der Waals surface area contributed by atoms with Crippen LogP contribution in [0, 0.1) is 0 Å². The zero-order chi connectivity index (χ0) is 26.9. The molecular formula is C23H41N5O8. The topological polar surface area (TPSA) is 162 Å². The van der Waals surface area contributed by atoms with E-state index in [1.807, 2.05) is 9.80 Å². The van der Waals surface area contributed by atoms with E-state index in [2.05, 4.69) is 0 Å². The number of carboxylic acids is 3. The summed E-state index contributed by atoms with van der Waals surface area (Å²) in [7, 11) is 0. The van der Waals surface area contributed by atoms with Crippen molar-refractivity contribution in [1.29, 1.82) is 0 Å². The molecule has 36 heavy (non-hydrogen) atoms. The molecular weight excluding hydrogens is 474 g/mol. The molecule has 13 heteroatoms. The average Bonchev–Trinajstić information content (AvgIpc) is 2.80. The van der Waals surface area contributed by atoms with Gasteiger partial charge in [0.2, 0.25) is 5.91 Å². The Balaban J connectivity index is 0.00000205. The van der Waals surface area contributed by atoms with E-state index in [1.54, 1.807) is 14.7 Å². The second kappa shape index (κ2) is 17.8. The SMILES string of the molecule is CC=O.O=C(O)CN1CCN(CC(=O)O)CCN(CC(=O)N2CCCCC2)CCN(CC(=O)O)CC1. The summed E-state index contributed by atoms with van der Waals surface area (Å²) in [6, 6.07) is 0. The molecule has 0 aliphatic carbocycles. The van der Waals surface area contributed by atoms with Gasteiger partial charge in [0.05, 0.1) is 26.2 Å². The van der Waals surface area contributed by atoms with Crippen molar-refractivity contribution in [2.24, 2.45) is 0 Å². The van der Waals surface area contributed by atoms with Crippen molar-refractivity contribution >= 4 is 30.1 Å². The van der Waals surface area contributed by atoms with Crippen LogP contribution in [0.2, 0.25) is 0 Å². The Morgan fingerprint density at radius 1 is 0.556 bits per heavy atom. The number of aliphatic carboxylic acids is 3. The molecule has 0 unspecified atom stereocenters. The van der Waals surface area contributed by atoms with Gasteiger partial charge in [-0.2, -0.15) is 0 Å². The molecule has 0 spiro atoms. The van der Waals surface area contributed by atoms with Crippen LogP contribution in [0.5, 0.6) is 0 Å². The summed E-state index contributed by atoms with van der Waals surface area (Å²) >= 11 is 0. The van der Waals surface area contributed by atoms with Crippen molar-refractivity contribution < 1.29 is 39.3 Å². The molecule has 0 bridgehead atoms. The predicted octanol–water partition coefficient (Wildman–Crippen LogP) is -1.32. The minimum atomic E-state index is -0.987. The van der Waals surface area contributed by atoms with Gasteiger partial charge in [-0.15, -0.1) is 0 Å². The van der Waals surface area contributed by atoms with E-state index < -0.39 is 17.9 Å². The Morgan fingerprint density at radius 2 is 0.833 bits per heavy atom. The fourth-order valence-electron chi connectivity index (χ4n) is 4.22. The maximum Gasteiger partial charge on any atom is 0.317 e. The molecule has 2 heterocycles. The number of hydrogen-bond donors (Lipinski definition) is 3. The van der Waals surface area contributed by atoms with Gasteiger partial charge in [-0.1, -0.05) is 0 Å². The summed E-state index contributed by atoms with van der Waals surface area (Å²) in [6.07, 6.45) is 3.87. The van der Waals surface area contributed by atoms with Crippen LogP contribution in [-0.4, -0.2) is 162 Å². The minimum absolute atomic E-state index is 0.0454. The van der Waals surface area contributed by atoms with E-state index in [0.717, 1.165) is 38.6 Å². The van der Waals surface area contributed by atoms with E-state index in [9.17, 15) is 34.5 Å². The van der Waals surface area contributed by atoms with Gasteiger partial charge in [-0.25, -0.2) is 0 Å². The lowest BCUT2D eigenvalue weighted by Crippen LogP contribution is -2.50.